The maximum atomic E-state index is 13.0. The molecule has 0 atom stereocenters. The normalized spacial score (nSPS) is 10.4. The second-order valence-electron chi connectivity index (χ2n) is 4.18. The maximum Gasteiger partial charge on any atom is 0.141 e. The molecule has 0 aliphatic heterocycles. The second kappa shape index (κ2) is 5.27. The number of hydrogen-bond acceptors (Lipinski definition) is 2. The molecule has 0 fully saturated rings. The predicted molar refractivity (Wildman–Crippen MR) is 74.3 cm³/mol. The van der Waals surface area contributed by atoms with Gasteiger partial charge in [0, 0.05) is 17.9 Å². The molecule has 0 aliphatic carbocycles. The highest BCUT2D eigenvalue weighted by Crippen LogP contribution is 2.20. The van der Waals surface area contributed by atoms with Crippen LogP contribution in [-0.4, -0.2) is 0 Å². The van der Waals surface area contributed by atoms with E-state index in [-0.39, 0.29) is 5.02 Å². The lowest BCUT2D eigenvalue weighted by Crippen LogP contribution is -2.01. The Hall–Kier alpha value is -1.74. The molecule has 0 spiro atoms. The highest BCUT2D eigenvalue weighted by Gasteiger charge is 2.02. The fourth-order valence-electron chi connectivity index (χ4n) is 1.73. The molecule has 0 amide bonds. The van der Waals surface area contributed by atoms with Crippen LogP contribution in [0.5, 0.6) is 0 Å². The average Bonchev–Trinajstić information content (AvgIpc) is 2.32. The van der Waals surface area contributed by atoms with Crippen LogP contribution in [-0.2, 0) is 6.54 Å². The number of nitrogens with one attached hydrogen (secondary N) is 1. The van der Waals surface area contributed by atoms with Crippen molar-refractivity contribution in [3.63, 3.8) is 0 Å². The van der Waals surface area contributed by atoms with Crippen LogP contribution in [0.25, 0.3) is 0 Å². The number of aryl methyl sites for hydroxylation is 1. The molecule has 0 heterocycles. The van der Waals surface area contributed by atoms with Crippen molar-refractivity contribution >= 4 is 23.0 Å². The number of hydrogen-bond donors (Lipinski definition) is 2. The molecule has 4 heteroatoms. The molecule has 2 rings (SSSR count). The van der Waals surface area contributed by atoms with E-state index in [2.05, 4.69) is 5.32 Å². The third-order valence-electron chi connectivity index (χ3n) is 2.72. The van der Waals surface area contributed by atoms with Crippen molar-refractivity contribution in [1.29, 1.82) is 0 Å². The summed E-state index contributed by atoms with van der Waals surface area (Å²) in [4.78, 5) is 0. The van der Waals surface area contributed by atoms with Gasteiger partial charge in [0.05, 0.1) is 5.02 Å². The van der Waals surface area contributed by atoms with E-state index in [0.29, 0.717) is 6.54 Å². The standard InChI is InChI=1S/C14H14ClFN2/c1-9-6-11(17)3-5-14(9)18-8-10-2-4-13(16)12(15)7-10/h2-7,18H,8,17H2,1H3. The largest absolute Gasteiger partial charge is 0.399 e. The number of nitrogen functional groups attached to an aromatic ring is 1. The van der Waals surface area contributed by atoms with E-state index >= 15 is 0 Å². The molecule has 0 saturated carbocycles. The molecule has 2 aromatic carbocycles. The number of halogens is 2. The highest BCUT2D eigenvalue weighted by atomic mass is 35.5. The van der Waals surface area contributed by atoms with Gasteiger partial charge in [0.25, 0.3) is 0 Å². The van der Waals surface area contributed by atoms with Crippen molar-refractivity contribution in [2.45, 2.75) is 13.5 Å². The summed E-state index contributed by atoms with van der Waals surface area (Å²) in [5.41, 5.74) is 9.43. The zero-order valence-corrected chi connectivity index (χ0v) is 10.8. The molecule has 2 nitrogen and oxygen atoms in total. The van der Waals surface area contributed by atoms with Crippen LogP contribution >= 0.6 is 11.6 Å². The predicted octanol–water partition coefficient (Wildman–Crippen LogP) is 3.98. The van der Waals surface area contributed by atoms with E-state index in [1.54, 1.807) is 12.1 Å². The molecule has 0 aromatic heterocycles. The number of anilines is 2. The second-order valence-corrected chi connectivity index (χ2v) is 4.58. The van der Waals surface area contributed by atoms with Gasteiger partial charge in [0.2, 0.25) is 0 Å². The Bertz CT molecular complexity index is 570. The van der Waals surface area contributed by atoms with E-state index in [1.165, 1.54) is 6.07 Å². The van der Waals surface area contributed by atoms with E-state index in [9.17, 15) is 4.39 Å². The van der Waals surface area contributed by atoms with Crippen LogP contribution in [0.15, 0.2) is 36.4 Å². The van der Waals surface area contributed by atoms with Gasteiger partial charge in [-0.15, -0.1) is 0 Å². The molecule has 0 aliphatic rings. The minimum atomic E-state index is -0.399. The summed E-state index contributed by atoms with van der Waals surface area (Å²) in [6.45, 7) is 2.57. The molecule has 2 aromatic rings. The molecular weight excluding hydrogens is 251 g/mol. The Kier molecular flexibility index (Phi) is 3.72. The van der Waals surface area contributed by atoms with Crippen LogP contribution in [0.3, 0.4) is 0 Å². The summed E-state index contributed by atoms with van der Waals surface area (Å²) < 4.78 is 13.0. The molecule has 0 saturated heterocycles. The topological polar surface area (TPSA) is 38.0 Å². The Balaban J connectivity index is 2.09. The maximum absolute atomic E-state index is 13.0. The van der Waals surface area contributed by atoms with Gasteiger partial charge in [-0.25, -0.2) is 4.39 Å². The number of benzene rings is 2. The lowest BCUT2D eigenvalue weighted by molar-refractivity contribution is 0.627. The zero-order chi connectivity index (χ0) is 13.1. The van der Waals surface area contributed by atoms with E-state index in [1.807, 2.05) is 25.1 Å². The Labute approximate surface area is 111 Å². The van der Waals surface area contributed by atoms with Crippen LogP contribution in [0.2, 0.25) is 5.02 Å². The minimum absolute atomic E-state index is 0.142. The Morgan fingerprint density at radius 2 is 2.00 bits per heavy atom. The van der Waals surface area contributed by atoms with Gasteiger partial charge >= 0.3 is 0 Å². The van der Waals surface area contributed by atoms with Crippen LogP contribution in [0.1, 0.15) is 11.1 Å². The van der Waals surface area contributed by atoms with Crippen molar-refractivity contribution in [1.82, 2.24) is 0 Å². The van der Waals surface area contributed by atoms with Crippen molar-refractivity contribution < 1.29 is 4.39 Å². The zero-order valence-electron chi connectivity index (χ0n) is 10.0. The molecule has 18 heavy (non-hydrogen) atoms. The van der Waals surface area contributed by atoms with E-state index in [0.717, 1.165) is 22.5 Å². The fourth-order valence-corrected chi connectivity index (χ4v) is 1.94. The monoisotopic (exact) mass is 264 g/mol. The third-order valence-corrected chi connectivity index (χ3v) is 3.01. The van der Waals surface area contributed by atoms with Crippen molar-refractivity contribution in [2.75, 3.05) is 11.1 Å². The highest BCUT2D eigenvalue weighted by molar-refractivity contribution is 6.30. The van der Waals surface area contributed by atoms with Gasteiger partial charge in [-0.05, 0) is 48.4 Å². The van der Waals surface area contributed by atoms with Gasteiger partial charge < -0.3 is 11.1 Å². The van der Waals surface area contributed by atoms with Gasteiger partial charge in [-0.3, -0.25) is 0 Å². The Morgan fingerprint density at radius 3 is 2.67 bits per heavy atom. The van der Waals surface area contributed by atoms with Gasteiger partial charge in [0.15, 0.2) is 0 Å². The smallest absolute Gasteiger partial charge is 0.141 e. The van der Waals surface area contributed by atoms with Gasteiger partial charge in [-0.2, -0.15) is 0 Å². The number of rotatable bonds is 3. The van der Waals surface area contributed by atoms with Crippen molar-refractivity contribution in [3.05, 3.63) is 58.4 Å². The summed E-state index contributed by atoms with van der Waals surface area (Å²) in [7, 11) is 0. The minimum Gasteiger partial charge on any atom is -0.399 e. The fraction of sp³-hybridized carbons (Fsp3) is 0.143. The van der Waals surface area contributed by atoms with Gasteiger partial charge in [-0.1, -0.05) is 17.7 Å². The van der Waals surface area contributed by atoms with Crippen LogP contribution in [0.4, 0.5) is 15.8 Å². The molecule has 0 bridgehead atoms. The third kappa shape index (κ3) is 2.93. The first-order chi connectivity index (χ1) is 8.56. The summed E-state index contributed by atoms with van der Waals surface area (Å²) in [5, 5.41) is 3.41. The molecule has 0 unspecified atom stereocenters. The average molecular weight is 265 g/mol. The van der Waals surface area contributed by atoms with Crippen molar-refractivity contribution in [2.24, 2.45) is 0 Å². The SMILES string of the molecule is Cc1cc(N)ccc1NCc1ccc(F)c(Cl)c1. The van der Waals surface area contributed by atoms with E-state index < -0.39 is 5.82 Å². The first kappa shape index (κ1) is 12.7. The summed E-state index contributed by atoms with van der Waals surface area (Å²) in [6, 6.07) is 10.4. The summed E-state index contributed by atoms with van der Waals surface area (Å²) in [5.74, 6) is -0.399. The van der Waals surface area contributed by atoms with Crippen molar-refractivity contribution in [3.8, 4) is 0 Å². The quantitative estimate of drug-likeness (QED) is 0.823. The summed E-state index contributed by atoms with van der Waals surface area (Å²) >= 11 is 5.73. The van der Waals surface area contributed by atoms with Crippen LogP contribution < -0.4 is 11.1 Å². The first-order valence-electron chi connectivity index (χ1n) is 5.60. The molecule has 94 valence electrons. The first-order valence-corrected chi connectivity index (χ1v) is 5.98. The lowest BCUT2D eigenvalue weighted by atomic mass is 10.1. The van der Waals surface area contributed by atoms with Gasteiger partial charge in [0.1, 0.15) is 5.82 Å². The molecule has 0 radical (unpaired) electrons. The number of nitrogens with two attached hydrogens (primary N) is 1. The van der Waals surface area contributed by atoms with Crippen LogP contribution in [0, 0.1) is 12.7 Å². The molecule has 3 N–H and O–H groups in total. The molecular formula is C14H14ClFN2. The Morgan fingerprint density at radius 1 is 1.22 bits per heavy atom. The lowest BCUT2D eigenvalue weighted by Gasteiger charge is -2.10. The van der Waals surface area contributed by atoms with E-state index in [4.69, 9.17) is 17.3 Å². The summed E-state index contributed by atoms with van der Waals surface area (Å²) in [6.07, 6.45) is 0.